The molecular weight excluding hydrogens is 248 g/mol. The molecule has 0 heterocycles. The zero-order valence-corrected chi connectivity index (χ0v) is 13.0. The van der Waals surface area contributed by atoms with Crippen molar-refractivity contribution in [3.8, 4) is 0 Å². The Kier molecular flexibility index (Phi) is 7.97. The van der Waals surface area contributed by atoms with Gasteiger partial charge in [-0.3, -0.25) is 4.79 Å². The van der Waals surface area contributed by atoms with E-state index < -0.39 is 0 Å². The molecule has 1 rings (SSSR count). The van der Waals surface area contributed by atoms with E-state index in [-0.39, 0.29) is 11.8 Å². The first kappa shape index (κ1) is 16.7. The first-order valence-electron chi connectivity index (χ1n) is 7.74. The summed E-state index contributed by atoms with van der Waals surface area (Å²) in [5.41, 5.74) is 1.11. The van der Waals surface area contributed by atoms with Crippen LogP contribution in [0, 0.1) is 5.92 Å². The number of amides is 1. The molecule has 2 atom stereocenters. The summed E-state index contributed by atoms with van der Waals surface area (Å²) in [6.07, 6.45) is 2.12. The van der Waals surface area contributed by atoms with Crippen molar-refractivity contribution in [1.29, 1.82) is 0 Å². The van der Waals surface area contributed by atoms with E-state index in [4.69, 9.17) is 0 Å². The maximum absolute atomic E-state index is 12.4. The van der Waals surface area contributed by atoms with Crippen LogP contribution in [0.5, 0.6) is 0 Å². The highest BCUT2D eigenvalue weighted by atomic mass is 16.1. The average molecular weight is 276 g/mol. The third-order valence-corrected chi connectivity index (χ3v) is 3.68. The molecule has 0 aliphatic rings. The third-order valence-electron chi connectivity index (χ3n) is 3.68. The molecule has 3 heteroatoms. The Morgan fingerprint density at radius 2 is 1.80 bits per heavy atom. The van der Waals surface area contributed by atoms with Crippen LogP contribution in [0.15, 0.2) is 30.3 Å². The Balaban J connectivity index is 2.58. The van der Waals surface area contributed by atoms with Crippen LogP contribution in [0.25, 0.3) is 0 Å². The Morgan fingerprint density at radius 1 is 1.10 bits per heavy atom. The monoisotopic (exact) mass is 276 g/mol. The highest BCUT2D eigenvalue weighted by Gasteiger charge is 2.25. The van der Waals surface area contributed by atoms with Crippen LogP contribution in [0.1, 0.15) is 45.1 Å². The number of rotatable bonds is 9. The van der Waals surface area contributed by atoms with Crippen LogP contribution < -0.4 is 10.6 Å². The highest BCUT2D eigenvalue weighted by molar-refractivity contribution is 5.83. The van der Waals surface area contributed by atoms with Crippen molar-refractivity contribution in [2.45, 2.75) is 39.5 Å². The van der Waals surface area contributed by atoms with E-state index in [0.29, 0.717) is 12.5 Å². The number of hydrogen-bond acceptors (Lipinski definition) is 2. The second kappa shape index (κ2) is 9.54. The zero-order valence-electron chi connectivity index (χ0n) is 13.0. The molecule has 20 heavy (non-hydrogen) atoms. The van der Waals surface area contributed by atoms with E-state index in [0.717, 1.165) is 31.5 Å². The summed E-state index contributed by atoms with van der Waals surface area (Å²) < 4.78 is 0. The van der Waals surface area contributed by atoms with Crippen LogP contribution in [-0.4, -0.2) is 25.5 Å². The highest BCUT2D eigenvalue weighted by Crippen LogP contribution is 2.26. The molecule has 0 saturated heterocycles. The van der Waals surface area contributed by atoms with Crippen molar-refractivity contribution in [3.05, 3.63) is 35.9 Å². The molecule has 3 nitrogen and oxygen atoms in total. The number of benzene rings is 1. The van der Waals surface area contributed by atoms with Crippen molar-refractivity contribution in [2.24, 2.45) is 5.92 Å². The summed E-state index contributed by atoms with van der Waals surface area (Å²) in [5.74, 6) is 0.442. The number of hydrogen-bond donors (Lipinski definition) is 2. The van der Waals surface area contributed by atoms with Crippen LogP contribution >= 0.6 is 0 Å². The summed E-state index contributed by atoms with van der Waals surface area (Å²) in [4.78, 5) is 12.4. The van der Waals surface area contributed by atoms with Gasteiger partial charge >= 0.3 is 0 Å². The molecule has 0 aromatic heterocycles. The first-order chi connectivity index (χ1) is 9.70. The van der Waals surface area contributed by atoms with Crippen LogP contribution in [0.3, 0.4) is 0 Å². The third kappa shape index (κ3) is 5.33. The zero-order chi connectivity index (χ0) is 14.8. The molecule has 0 aliphatic carbocycles. The quantitative estimate of drug-likeness (QED) is 0.681. The van der Waals surface area contributed by atoms with E-state index in [1.54, 1.807) is 0 Å². The molecule has 1 amide bonds. The molecular formula is C17H28N2O. The van der Waals surface area contributed by atoms with Gasteiger partial charge in [-0.25, -0.2) is 0 Å². The van der Waals surface area contributed by atoms with E-state index in [1.807, 2.05) is 30.3 Å². The largest absolute Gasteiger partial charge is 0.354 e. The van der Waals surface area contributed by atoms with Crippen LogP contribution in [0.2, 0.25) is 0 Å². The minimum Gasteiger partial charge on any atom is -0.354 e. The molecule has 0 aliphatic heterocycles. The lowest BCUT2D eigenvalue weighted by atomic mass is 9.85. The smallest absolute Gasteiger partial charge is 0.227 e. The fraction of sp³-hybridized carbons (Fsp3) is 0.588. The summed E-state index contributed by atoms with van der Waals surface area (Å²) in [5, 5.41) is 6.35. The van der Waals surface area contributed by atoms with Gasteiger partial charge in [-0.1, -0.05) is 57.5 Å². The number of nitrogens with one attached hydrogen (secondary N) is 2. The molecule has 0 saturated carbocycles. The molecule has 1 aromatic rings. The fourth-order valence-corrected chi connectivity index (χ4v) is 2.32. The standard InChI is InChI=1S/C17H28N2O/c1-4-11-18-12-13-19-17(20)16(14(3)5-2)15-9-7-6-8-10-15/h6-10,14,16,18H,4-5,11-13H2,1-3H3,(H,19,20). The summed E-state index contributed by atoms with van der Waals surface area (Å²) in [6.45, 7) is 8.95. The molecule has 112 valence electrons. The van der Waals surface area contributed by atoms with Crippen molar-refractivity contribution in [1.82, 2.24) is 10.6 Å². The normalized spacial score (nSPS) is 13.8. The molecule has 1 aromatic carbocycles. The minimum absolute atomic E-state index is 0.0487. The van der Waals surface area contributed by atoms with Gasteiger partial charge in [0.15, 0.2) is 0 Å². The number of carbonyl (C=O) groups excluding carboxylic acids is 1. The topological polar surface area (TPSA) is 41.1 Å². The summed E-state index contributed by atoms with van der Waals surface area (Å²) in [7, 11) is 0. The van der Waals surface area contributed by atoms with Gasteiger partial charge in [0.1, 0.15) is 0 Å². The maximum Gasteiger partial charge on any atom is 0.227 e. The van der Waals surface area contributed by atoms with Crippen molar-refractivity contribution >= 4 is 5.91 Å². The lowest BCUT2D eigenvalue weighted by Crippen LogP contribution is -2.37. The average Bonchev–Trinajstić information content (AvgIpc) is 2.48. The Hall–Kier alpha value is -1.35. The second-order valence-corrected chi connectivity index (χ2v) is 5.31. The Bertz CT molecular complexity index is 378. The van der Waals surface area contributed by atoms with E-state index in [2.05, 4.69) is 31.4 Å². The molecule has 0 spiro atoms. The van der Waals surface area contributed by atoms with Gasteiger partial charge in [0.05, 0.1) is 5.92 Å². The molecule has 2 N–H and O–H groups in total. The van der Waals surface area contributed by atoms with Gasteiger partial charge in [0, 0.05) is 13.1 Å². The lowest BCUT2D eigenvalue weighted by molar-refractivity contribution is -0.123. The van der Waals surface area contributed by atoms with Crippen LogP contribution in [-0.2, 0) is 4.79 Å². The minimum atomic E-state index is -0.0487. The van der Waals surface area contributed by atoms with Crippen molar-refractivity contribution in [2.75, 3.05) is 19.6 Å². The van der Waals surface area contributed by atoms with Gasteiger partial charge < -0.3 is 10.6 Å². The Morgan fingerprint density at radius 3 is 2.40 bits per heavy atom. The fourth-order valence-electron chi connectivity index (χ4n) is 2.32. The number of carbonyl (C=O) groups is 1. The van der Waals surface area contributed by atoms with E-state index in [1.165, 1.54) is 0 Å². The van der Waals surface area contributed by atoms with Crippen molar-refractivity contribution < 1.29 is 4.79 Å². The van der Waals surface area contributed by atoms with Gasteiger partial charge in [0.25, 0.3) is 0 Å². The maximum atomic E-state index is 12.4. The van der Waals surface area contributed by atoms with Crippen molar-refractivity contribution in [3.63, 3.8) is 0 Å². The van der Waals surface area contributed by atoms with E-state index >= 15 is 0 Å². The molecule has 0 fully saturated rings. The van der Waals surface area contributed by atoms with Crippen LogP contribution in [0.4, 0.5) is 0 Å². The van der Waals surface area contributed by atoms with E-state index in [9.17, 15) is 4.79 Å². The van der Waals surface area contributed by atoms with Gasteiger partial charge in [0.2, 0.25) is 5.91 Å². The molecule has 0 radical (unpaired) electrons. The van der Waals surface area contributed by atoms with Gasteiger partial charge in [-0.15, -0.1) is 0 Å². The summed E-state index contributed by atoms with van der Waals surface area (Å²) in [6, 6.07) is 10.1. The SMILES string of the molecule is CCCNCCNC(=O)C(c1ccccc1)C(C)CC. The predicted molar refractivity (Wildman–Crippen MR) is 84.8 cm³/mol. The predicted octanol–water partition coefficient (Wildman–Crippen LogP) is 2.93. The van der Waals surface area contributed by atoms with Gasteiger partial charge in [-0.2, -0.15) is 0 Å². The van der Waals surface area contributed by atoms with Gasteiger partial charge in [-0.05, 0) is 24.4 Å². The lowest BCUT2D eigenvalue weighted by Gasteiger charge is -2.22. The first-order valence-corrected chi connectivity index (χ1v) is 7.74. The molecule has 0 bridgehead atoms. The second-order valence-electron chi connectivity index (χ2n) is 5.31. The summed E-state index contributed by atoms with van der Waals surface area (Å²) >= 11 is 0. The Labute approximate surface area is 123 Å². The molecule has 2 unspecified atom stereocenters.